The molecule has 0 saturated carbocycles. The van der Waals surface area contributed by atoms with E-state index >= 15 is 0 Å². The van der Waals surface area contributed by atoms with E-state index in [0.717, 1.165) is 44.2 Å². The number of aromatic amines is 2. The Labute approximate surface area is 136 Å². The first-order valence-corrected chi connectivity index (χ1v) is 7.54. The van der Waals surface area contributed by atoms with Crippen molar-refractivity contribution < 1.29 is 4.42 Å². The molecule has 116 valence electrons. The minimum absolute atomic E-state index is 0.482. The Kier molecular flexibility index (Phi) is 2.55. The second-order valence-corrected chi connectivity index (χ2v) is 5.67. The van der Waals surface area contributed by atoms with E-state index in [1.54, 1.807) is 18.7 Å². The van der Waals surface area contributed by atoms with E-state index in [0.29, 0.717) is 5.82 Å². The standard InChI is InChI=1S/C18H13N5O/c19-17-15-8-11(12-1-4-20-18-13(12)2-5-21-18)7-14(16(15)22-23-17)10-3-6-24-9-10/h1-9H,(H,20,21)(H3,19,22,23). The van der Waals surface area contributed by atoms with E-state index in [2.05, 4.69) is 32.3 Å². The summed E-state index contributed by atoms with van der Waals surface area (Å²) < 4.78 is 5.25. The van der Waals surface area contributed by atoms with E-state index < -0.39 is 0 Å². The van der Waals surface area contributed by atoms with Crippen molar-refractivity contribution in [1.82, 2.24) is 20.2 Å². The quantitative estimate of drug-likeness (QED) is 0.459. The predicted octanol–water partition coefficient (Wildman–Crippen LogP) is 3.95. The van der Waals surface area contributed by atoms with Gasteiger partial charge in [0, 0.05) is 34.3 Å². The molecule has 0 aliphatic heterocycles. The number of fused-ring (bicyclic) bond motifs is 2. The first-order valence-electron chi connectivity index (χ1n) is 7.54. The molecule has 6 nitrogen and oxygen atoms in total. The third-order valence-electron chi connectivity index (χ3n) is 4.31. The van der Waals surface area contributed by atoms with Crippen molar-refractivity contribution in [2.45, 2.75) is 0 Å². The van der Waals surface area contributed by atoms with Crippen LogP contribution in [0.15, 0.2) is 59.7 Å². The average Bonchev–Trinajstić information content (AvgIpc) is 3.35. The maximum absolute atomic E-state index is 6.05. The molecule has 0 aliphatic carbocycles. The second kappa shape index (κ2) is 4.73. The van der Waals surface area contributed by atoms with Gasteiger partial charge in [0.2, 0.25) is 0 Å². The zero-order chi connectivity index (χ0) is 16.1. The molecular weight excluding hydrogens is 302 g/mol. The third kappa shape index (κ3) is 1.77. The lowest BCUT2D eigenvalue weighted by Crippen LogP contribution is -1.87. The van der Waals surface area contributed by atoms with Crippen LogP contribution < -0.4 is 5.73 Å². The van der Waals surface area contributed by atoms with Gasteiger partial charge >= 0.3 is 0 Å². The Morgan fingerprint density at radius 2 is 1.96 bits per heavy atom. The number of H-pyrrole nitrogens is 2. The molecule has 0 spiro atoms. The molecule has 1 aromatic carbocycles. The Morgan fingerprint density at radius 1 is 1.00 bits per heavy atom. The number of nitrogens with one attached hydrogen (secondary N) is 2. The fourth-order valence-corrected chi connectivity index (χ4v) is 3.15. The van der Waals surface area contributed by atoms with Gasteiger partial charge in [-0.3, -0.25) is 5.10 Å². The van der Waals surface area contributed by atoms with E-state index in [4.69, 9.17) is 10.2 Å². The molecule has 0 atom stereocenters. The number of rotatable bonds is 2. The fraction of sp³-hybridized carbons (Fsp3) is 0. The number of hydrogen-bond donors (Lipinski definition) is 3. The smallest absolute Gasteiger partial charge is 0.153 e. The number of nitrogens with two attached hydrogens (primary N) is 1. The number of nitrogens with zero attached hydrogens (tertiary/aromatic N) is 2. The van der Waals surface area contributed by atoms with Crippen molar-refractivity contribution in [3.05, 3.63) is 55.3 Å². The van der Waals surface area contributed by atoms with Gasteiger partial charge in [0.25, 0.3) is 0 Å². The summed E-state index contributed by atoms with van der Waals surface area (Å²) >= 11 is 0. The summed E-state index contributed by atoms with van der Waals surface area (Å²) in [6.07, 6.45) is 7.07. The van der Waals surface area contributed by atoms with Gasteiger partial charge < -0.3 is 15.1 Å². The van der Waals surface area contributed by atoms with Crippen LogP contribution >= 0.6 is 0 Å². The molecule has 5 rings (SSSR count). The number of anilines is 1. The van der Waals surface area contributed by atoms with Gasteiger partial charge in [0.1, 0.15) is 5.65 Å². The van der Waals surface area contributed by atoms with Crippen LogP contribution in [0, 0.1) is 0 Å². The maximum Gasteiger partial charge on any atom is 0.153 e. The van der Waals surface area contributed by atoms with Gasteiger partial charge in [-0.2, -0.15) is 5.10 Å². The molecular formula is C18H13N5O. The lowest BCUT2D eigenvalue weighted by Gasteiger charge is -2.08. The lowest BCUT2D eigenvalue weighted by atomic mass is 9.96. The van der Waals surface area contributed by atoms with Gasteiger partial charge in [-0.1, -0.05) is 0 Å². The predicted molar refractivity (Wildman–Crippen MR) is 93.3 cm³/mol. The van der Waals surface area contributed by atoms with E-state index in [1.165, 1.54) is 0 Å². The van der Waals surface area contributed by atoms with Crippen molar-refractivity contribution in [2.24, 2.45) is 0 Å². The molecule has 4 heterocycles. The molecule has 0 fully saturated rings. The Morgan fingerprint density at radius 3 is 2.83 bits per heavy atom. The molecule has 0 amide bonds. The number of benzene rings is 1. The summed E-state index contributed by atoms with van der Waals surface area (Å²) in [5, 5.41) is 9.14. The highest BCUT2D eigenvalue weighted by molar-refractivity contribution is 6.04. The van der Waals surface area contributed by atoms with Crippen LogP contribution in [0.2, 0.25) is 0 Å². The molecule has 5 aromatic rings. The minimum atomic E-state index is 0.482. The van der Waals surface area contributed by atoms with Crippen molar-refractivity contribution >= 4 is 27.8 Å². The highest BCUT2D eigenvalue weighted by atomic mass is 16.3. The van der Waals surface area contributed by atoms with Crippen LogP contribution in [0.1, 0.15) is 0 Å². The van der Waals surface area contributed by atoms with Crippen LogP contribution in [-0.2, 0) is 0 Å². The van der Waals surface area contributed by atoms with E-state index in [-0.39, 0.29) is 0 Å². The summed E-state index contributed by atoms with van der Waals surface area (Å²) in [6, 6.07) is 10.1. The largest absolute Gasteiger partial charge is 0.472 e. The monoisotopic (exact) mass is 315 g/mol. The summed E-state index contributed by atoms with van der Waals surface area (Å²) in [5.74, 6) is 0.482. The molecule has 0 unspecified atom stereocenters. The minimum Gasteiger partial charge on any atom is -0.472 e. The number of pyridine rings is 1. The summed E-state index contributed by atoms with van der Waals surface area (Å²) in [5.41, 5.74) is 11.9. The maximum atomic E-state index is 6.05. The van der Waals surface area contributed by atoms with E-state index in [9.17, 15) is 0 Å². The Balaban J connectivity index is 1.87. The lowest BCUT2D eigenvalue weighted by molar-refractivity contribution is 0.568. The molecule has 4 N–H and O–H groups in total. The number of hydrogen-bond acceptors (Lipinski definition) is 4. The highest BCUT2D eigenvalue weighted by Crippen LogP contribution is 2.37. The van der Waals surface area contributed by atoms with Crippen LogP contribution in [0.3, 0.4) is 0 Å². The molecule has 0 bridgehead atoms. The zero-order valence-electron chi connectivity index (χ0n) is 12.6. The highest BCUT2D eigenvalue weighted by Gasteiger charge is 2.14. The zero-order valence-corrected chi connectivity index (χ0v) is 12.6. The van der Waals surface area contributed by atoms with Gasteiger partial charge in [-0.15, -0.1) is 0 Å². The van der Waals surface area contributed by atoms with Gasteiger partial charge in [-0.05, 0) is 41.5 Å². The van der Waals surface area contributed by atoms with Crippen LogP contribution in [0.4, 0.5) is 5.82 Å². The Hall–Kier alpha value is -3.54. The normalized spacial score (nSPS) is 11.5. The summed E-state index contributed by atoms with van der Waals surface area (Å²) in [7, 11) is 0. The van der Waals surface area contributed by atoms with Crippen molar-refractivity contribution in [2.75, 3.05) is 5.73 Å². The van der Waals surface area contributed by atoms with Gasteiger partial charge in [-0.25, -0.2) is 4.98 Å². The summed E-state index contributed by atoms with van der Waals surface area (Å²) in [6.45, 7) is 0. The van der Waals surface area contributed by atoms with Crippen molar-refractivity contribution in [1.29, 1.82) is 0 Å². The number of nitrogen functional groups attached to an aromatic ring is 1. The third-order valence-corrected chi connectivity index (χ3v) is 4.31. The average molecular weight is 315 g/mol. The SMILES string of the molecule is Nc1n[nH]c2c(-c3ccoc3)cc(-c3ccnc4[nH]ccc34)cc12. The molecule has 0 aliphatic rings. The molecule has 24 heavy (non-hydrogen) atoms. The molecule has 0 radical (unpaired) electrons. The number of furan rings is 1. The molecule has 4 aromatic heterocycles. The number of aromatic nitrogens is 4. The summed E-state index contributed by atoms with van der Waals surface area (Å²) in [4.78, 5) is 7.50. The fourth-order valence-electron chi connectivity index (χ4n) is 3.15. The van der Waals surface area contributed by atoms with Gasteiger partial charge in [0.05, 0.1) is 18.0 Å². The van der Waals surface area contributed by atoms with Crippen LogP contribution in [0.25, 0.3) is 44.2 Å². The van der Waals surface area contributed by atoms with E-state index in [1.807, 2.05) is 24.4 Å². The van der Waals surface area contributed by atoms with Crippen LogP contribution in [-0.4, -0.2) is 20.2 Å². The van der Waals surface area contributed by atoms with Crippen molar-refractivity contribution in [3.63, 3.8) is 0 Å². The topological polar surface area (TPSA) is 96.5 Å². The van der Waals surface area contributed by atoms with Crippen molar-refractivity contribution in [3.8, 4) is 22.3 Å². The first kappa shape index (κ1) is 13.0. The molecule has 6 heteroatoms. The molecule has 0 saturated heterocycles. The second-order valence-electron chi connectivity index (χ2n) is 5.67. The van der Waals surface area contributed by atoms with Gasteiger partial charge in [0.15, 0.2) is 5.82 Å². The first-order chi connectivity index (χ1) is 11.8. The Bertz CT molecular complexity index is 1170. The van der Waals surface area contributed by atoms with Crippen LogP contribution in [0.5, 0.6) is 0 Å².